The SMILES string of the molecule is O=C1CCC(C(=O)N2CCCN(C(=O)C3CCC(=O)N3)CC2)=NN1. The lowest BCUT2D eigenvalue weighted by atomic mass is 10.1. The van der Waals surface area contributed by atoms with Gasteiger partial charge in [0, 0.05) is 45.4 Å². The van der Waals surface area contributed by atoms with Crippen LogP contribution < -0.4 is 10.7 Å². The minimum atomic E-state index is -0.433. The zero-order valence-electron chi connectivity index (χ0n) is 13.4. The first kappa shape index (κ1) is 16.4. The van der Waals surface area contributed by atoms with Crippen LogP contribution in [0, 0.1) is 0 Å². The van der Waals surface area contributed by atoms with Gasteiger partial charge in [0.1, 0.15) is 11.8 Å². The lowest BCUT2D eigenvalue weighted by Gasteiger charge is -2.25. The largest absolute Gasteiger partial charge is 0.344 e. The molecule has 1 atom stereocenters. The van der Waals surface area contributed by atoms with Crippen LogP contribution in [0.4, 0.5) is 0 Å². The van der Waals surface area contributed by atoms with Crippen molar-refractivity contribution in [2.45, 2.75) is 38.1 Å². The van der Waals surface area contributed by atoms with Crippen LogP contribution in [-0.2, 0) is 19.2 Å². The molecule has 3 rings (SSSR count). The summed E-state index contributed by atoms with van der Waals surface area (Å²) in [6.45, 7) is 1.99. The molecule has 4 amide bonds. The Morgan fingerprint density at radius 1 is 0.958 bits per heavy atom. The van der Waals surface area contributed by atoms with E-state index in [0.29, 0.717) is 57.6 Å². The van der Waals surface area contributed by atoms with E-state index in [1.165, 1.54) is 0 Å². The molecule has 24 heavy (non-hydrogen) atoms. The van der Waals surface area contributed by atoms with E-state index < -0.39 is 6.04 Å². The van der Waals surface area contributed by atoms with E-state index in [2.05, 4.69) is 15.8 Å². The van der Waals surface area contributed by atoms with Gasteiger partial charge in [0.15, 0.2) is 0 Å². The summed E-state index contributed by atoms with van der Waals surface area (Å²) in [5.41, 5.74) is 2.69. The molecule has 0 bridgehead atoms. The third-order valence-corrected chi connectivity index (χ3v) is 4.54. The number of hydrazone groups is 1. The van der Waals surface area contributed by atoms with Gasteiger partial charge in [0.25, 0.3) is 5.91 Å². The van der Waals surface area contributed by atoms with Gasteiger partial charge >= 0.3 is 0 Å². The highest BCUT2D eigenvalue weighted by atomic mass is 16.2. The minimum absolute atomic E-state index is 0.0718. The van der Waals surface area contributed by atoms with Gasteiger partial charge in [-0.1, -0.05) is 0 Å². The molecule has 3 heterocycles. The van der Waals surface area contributed by atoms with Gasteiger partial charge in [-0.3, -0.25) is 19.2 Å². The second-order valence-corrected chi connectivity index (χ2v) is 6.22. The zero-order valence-corrected chi connectivity index (χ0v) is 13.4. The normalized spacial score (nSPS) is 24.8. The third-order valence-electron chi connectivity index (χ3n) is 4.54. The molecule has 2 saturated heterocycles. The Balaban J connectivity index is 1.57. The molecule has 2 N–H and O–H groups in total. The van der Waals surface area contributed by atoms with Gasteiger partial charge in [-0.15, -0.1) is 0 Å². The molecule has 3 aliphatic rings. The Morgan fingerprint density at radius 3 is 2.38 bits per heavy atom. The van der Waals surface area contributed by atoms with Crippen molar-refractivity contribution in [3.8, 4) is 0 Å². The number of amides is 4. The second kappa shape index (κ2) is 6.98. The van der Waals surface area contributed by atoms with E-state index in [-0.39, 0.29) is 30.0 Å². The number of hydrogen-bond donors (Lipinski definition) is 2. The lowest BCUT2D eigenvalue weighted by molar-refractivity contribution is -0.134. The molecule has 0 spiro atoms. The van der Waals surface area contributed by atoms with Crippen LogP contribution in [0.3, 0.4) is 0 Å². The molecule has 9 heteroatoms. The van der Waals surface area contributed by atoms with E-state index in [4.69, 9.17) is 0 Å². The van der Waals surface area contributed by atoms with Crippen molar-refractivity contribution in [3.05, 3.63) is 0 Å². The molecule has 0 radical (unpaired) electrons. The first-order chi connectivity index (χ1) is 11.5. The molecule has 3 aliphatic heterocycles. The molecular weight excluding hydrogens is 314 g/mol. The van der Waals surface area contributed by atoms with Crippen molar-refractivity contribution < 1.29 is 19.2 Å². The molecule has 1 unspecified atom stereocenters. The average molecular weight is 335 g/mol. The highest BCUT2D eigenvalue weighted by molar-refractivity contribution is 6.39. The predicted molar refractivity (Wildman–Crippen MR) is 83.8 cm³/mol. The van der Waals surface area contributed by atoms with Crippen molar-refractivity contribution in [3.63, 3.8) is 0 Å². The summed E-state index contributed by atoms with van der Waals surface area (Å²) in [5.74, 6) is -0.522. The maximum absolute atomic E-state index is 12.5. The van der Waals surface area contributed by atoms with Crippen LogP contribution in [0.2, 0.25) is 0 Å². The van der Waals surface area contributed by atoms with Gasteiger partial charge in [0.2, 0.25) is 17.7 Å². The summed E-state index contributed by atoms with van der Waals surface area (Å²) >= 11 is 0. The molecule has 130 valence electrons. The van der Waals surface area contributed by atoms with Crippen molar-refractivity contribution >= 4 is 29.3 Å². The van der Waals surface area contributed by atoms with Crippen LogP contribution in [0.1, 0.15) is 32.1 Å². The molecule has 9 nitrogen and oxygen atoms in total. The topological polar surface area (TPSA) is 111 Å². The third kappa shape index (κ3) is 3.55. The Hall–Kier alpha value is -2.45. The summed E-state index contributed by atoms with van der Waals surface area (Å²) in [5, 5.41) is 6.53. The smallest absolute Gasteiger partial charge is 0.270 e. The minimum Gasteiger partial charge on any atom is -0.344 e. The lowest BCUT2D eigenvalue weighted by Crippen LogP contribution is -2.46. The number of nitrogens with one attached hydrogen (secondary N) is 2. The van der Waals surface area contributed by atoms with E-state index in [1.54, 1.807) is 9.80 Å². The summed E-state index contributed by atoms with van der Waals surface area (Å²) in [6.07, 6.45) is 2.22. The predicted octanol–water partition coefficient (Wildman–Crippen LogP) is -1.41. The summed E-state index contributed by atoms with van der Waals surface area (Å²) in [6, 6.07) is -0.433. The second-order valence-electron chi connectivity index (χ2n) is 6.22. The van der Waals surface area contributed by atoms with Crippen molar-refractivity contribution in [2.75, 3.05) is 26.2 Å². The number of carbonyl (C=O) groups excluding carboxylic acids is 4. The van der Waals surface area contributed by atoms with E-state index in [1.807, 2.05) is 0 Å². The molecule has 0 aromatic heterocycles. The highest BCUT2D eigenvalue weighted by Crippen LogP contribution is 2.13. The fourth-order valence-corrected chi connectivity index (χ4v) is 3.17. The van der Waals surface area contributed by atoms with Crippen LogP contribution in [0.15, 0.2) is 5.10 Å². The zero-order chi connectivity index (χ0) is 17.1. The molecule has 0 aromatic carbocycles. The van der Waals surface area contributed by atoms with Gasteiger partial charge < -0.3 is 15.1 Å². The van der Waals surface area contributed by atoms with Crippen LogP contribution >= 0.6 is 0 Å². The van der Waals surface area contributed by atoms with Crippen LogP contribution in [0.5, 0.6) is 0 Å². The monoisotopic (exact) mass is 335 g/mol. The molecular formula is C15H21N5O4. The van der Waals surface area contributed by atoms with Gasteiger partial charge in [0.05, 0.1) is 0 Å². The fourth-order valence-electron chi connectivity index (χ4n) is 3.17. The average Bonchev–Trinajstić information content (AvgIpc) is 2.87. The van der Waals surface area contributed by atoms with E-state index in [9.17, 15) is 19.2 Å². The highest BCUT2D eigenvalue weighted by Gasteiger charge is 2.32. The maximum atomic E-state index is 12.5. The molecule has 0 saturated carbocycles. The standard InChI is InChI=1S/C15H21N5O4/c21-12-4-2-10(16-12)14(23)19-6-1-7-20(9-8-19)15(24)11-3-5-13(22)18-17-11/h10H,1-9H2,(H,16,21)(H,18,22). The quantitative estimate of drug-likeness (QED) is 0.646. The van der Waals surface area contributed by atoms with Crippen LogP contribution in [0.25, 0.3) is 0 Å². The Morgan fingerprint density at radius 2 is 1.71 bits per heavy atom. The first-order valence-corrected chi connectivity index (χ1v) is 8.27. The van der Waals surface area contributed by atoms with Crippen LogP contribution in [-0.4, -0.2) is 71.4 Å². The maximum Gasteiger partial charge on any atom is 0.270 e. The summed E-state index contributed by atoms with van der Waals surface area (Å²) in [4.78, 5) is 50.7. The van der Waals surface area contributed by atoms with Crippen molar-refractivity contribution in [2.24, 2.45) is 5.10 Å². The number of hydrogen-bond acceptors (Lipinski definition) is 5. The number of carbonyl (C=O) groups is 4. The number of nitrogens with zero attached hydrogens (tertiary/aromatic N) is 3. The van der Waals surface area contributed by atoms with Gasteiger partial charge in [-0.05, 0) is 12.8 Å². The summed E-state index contributed by atoms with van der Waals surface area (Å²) in [7, 11) is 0. The molecule has 2 fully saturated rings. The Kier molecular flexibility index (Phi) is 4.77. The Labute approximate surface area is 139 Å². The molecule has 0 aliphatic carbocycles. The first-order valence-electron chi connectivity index (χ1n) is 8.27. The fraction of sp³-hybridized carbons (Fsp3) is 0.667. The van der Waals surface area contributed by atoms with E-state index >= 15 is 0 Å². The van der Waals surface area contributed by atoms with Gasteiger partial charge in [-0.25, -0.2) is 5.43 Å². The van der Waals surface area contributed by atoms with Crippen molar-refractivity contribution in [1.29, 1.82) is 0 Å². The van der Waals surface area contributed by atoms with Gasteiger partial charge in [-0.2, -0.15) is 5.10 Å². The van der Waals surface area contributed by atoms with E-state index in [0.717, 1.165) is 0 Å². The molecule has 0 aromatic rings. The summed E-state index contributed by atoms with van der Waals surface area (Å²) < 4.78 is 0. The van der Waals surface area contributed by atoms with Crippen molar-refractivity contribution in [1.82, 2.24) is 20.5 Å². The Bertz CT molecular complexity index is 603. The number of rotatable bonds is 2.